The van der Waals surface area contributed by atoms with Gasteiger partial charge < -0.3 is 5.43 Å². The van der Waals surface area contributed by atoms with Crippen LogP contribution in [0.25, 0.3) is 0 Å². The van der Waals surface area contributed by atoms with Crippen LogP contribution in [-0.4, -0.2) is 19.4 Å². The topological polar surface area (TPSA) is 127 Å². The van der Waals surface area contributed by atoms with E-state index in [1.54, 1.807) is 0 Å². The summed E-state index contributed by atoms with van der Waals surface area (Å²) in [6, 6.07) is 3.41. The minimum absolute atomic E-state index is 0.0395. The molecular weight excluding hydrogens is 296 g/mol. The number of nitrogen functional groups attached to an aromatic ring is 1. The van der Waals surface area contributed by atoms with Crippen LogP contribution in [0.3, 0.4) is 0 Å². The molecule has 1 saturated carbocycles. The van der Waals surface area contributed by atoms with Gasteiger partial charge in [-0.3, -0.25) is 16.0 Å². The number of rotatable bonds is 5. The fraction of sp³-hybridized carbons (Fsp3) is 0.500. The average Bonchev–Trinajstić information content (AvgIpc) is 2.82. The molecule has 116 valence electrons. The predicted molar refractivity (Wildman–Crippen MR) is 78.0 cm³/mol. The van der Waals surface area contributed by atoms with Crippen LogP contribution >= 0.6 is 0 Å². The smallest absolute Gasteiger partial charge is 0.293 e. The number of hydrogen-bond acceptors (Lipinski definition) is 6. The van der Waals surface area contributed by atoms with E-state index < -0.39 is 14.9 Å². The normalized spacial score (nSPS) is 22.2. The van der Waals surface area contributed by atoms with Gasteiger partial charge in [-0.05, 0) is 30.9 Å². The molecule has 21 heavy (non-hydrogen) atoms. The Hall–Kier alpha value is -1.71. The number of anilines is 1. The quantitative estimate of drug-likeness (QED) is 0.427. The zero-order chi connectivity index (χ0) is 15.6. The first kappa shape index (κ1) is 15.7. The third-order valence-electron chi connectivity index (χ3n) is 3.80. The molecule has 0 spiro atoms. The summed E-state index contributed by atoms with van der Waals surface area (Å²) in [4.78, 5) is 10.1. The minimum atomic E-state index is -3.72. The van der Waals surface area contributed by atoms with E-state index in [9.17, 15) is 18.5 Å². The van der Waals surface area contributed by atoms with Gasteiger partial charge in [0, 0.05) is 12.1 Å². The van der Waals surface area contributed by atoms with Crippen LogP contribution in [0, 0.1) is 16.0 Å². The van der Waals surface area contributed by atoms with Crippen molar-refractivity contribution < 1.29 is 13.3 Å². The zero-order valence-corrected chi connectivity index (χ0v) is 12.4. The Morgan fingerprint density at radius 2 is 2.10 bits per heavy atom. The number of hydrazine groups is 1. The molecule has 0 aromatic heterocycles. The van der Waals surface area contributed by atoms with Crippen molar-refractivity contribution in [3.8, 4) is 0 Å². The molecule has 0 heterocycles. The zero-order valence-electron chi connectivity index (χ0n) is 11.6. The molecule has 1 aliphatic carbocycles. The van der Waals surface area contributed by atoms with Gasteiger partial charge in [0.05, 0.1) is 9.82 Å². The first-order valence-electron chi connectivity index (χ1n) is 6.62. The highest BCUT2D eigenvalue weighted by Crippen LogP contribution is 2.29. The predicted octanol–water partition coefficient (Wildman–Crippen LogP) is 1.35. The number of benzene rings is 1. The second kappa shape index (κ2) is 5.96. The molecule has 8 nitrogen and oxygen atoms in total. The van der Waals surface area contributed by atoms with Crippen molar-refractivity contribution in [1.82, 2.24) is 4.72 Å². The molecule has 1 fully saturated rings. The maximum Gasteiger partial charge on any atom is 0.293 e. The van der Waals surface area contributed by atoms with Crippen LogP contribution in [0.5, 0.6) is 0 Å². The maximum atomic E-state index is 12.3. The van der Waals surface area contributed by atoms with Gasteiger partial charge in [0.2, 0.25) is 10.0 Å². The lowest BCUT2D eigenvalue weighted by Gasteiger charge is -2.17. The van der Waals surface area contributed by atoms with Crippen molar-refractivity contribution in [2.45, 2.75) is 37.1 Å². The van der Waals surface area contributed by atoms with Crippen LogP contribution in [0.2, 0.25) is 0 Å². The molecular formula is C12H18N4O4S. The number of nitrogens with zero attached hydrogens (tertiary/aromatic N) is 1. The molecule has 1 aromatic carbocycles. The van der Waals surface area contributed by atoms with Crippen molar-refractivity contribution in [2.75, 3.05) is 5.43 Å². The van der Waals surface area contributed by atoms with Crippen molar-refractivity contribution in [2.24, 2.45) is 11.8 Å². The van der Waals surface area contributed by atoms with Crippen molar-refractivity contribution >= 4 is 21.4 Å². The molecule has 2 unspecified atom stereocenters. The van der Waals surface area contributed by atoms with Gasteiger partial charge in [-0.2, -0.15) is 0 Å². The molecule has 1 aromatic rings. The van der Waals surface area contributed by atoms with E-state index in [-0.39, 0.29) is 28.2 Å². The third-order valence-corrected chi connectivity index (χ3v) is 5.29. The van der Waals surface area contributed by atoms with E-state index in [1.165, 1.54) is 12.1 Å². The molecule has 2 atom stereocenters. The lowest BCUT2D eigenvalue weighted by Crippen LogP contribution is -2.36. The van der Waals surface area contributed by atoms with Crippen LogP contribution in [0.1, 0.15) is 26.2 Å². The average molecular weight is 314 g/mol. The molecule has 0 aliphatic heterocycles. The molecule has 0 amide bonds. The Morgan fingerprint density at radius 3 is 2.62 bits per heavy atom. The molecule has 2 rings (SSSR count). The minimum Gasteiger partial charge on any atom is -0.318 e. The van der Waals surface area contributed by atoms with Gasteiger partial charge in [-0.15, -0.1) is 0 Å². The van der Waals surface area contributed by atoms with E-state index in [0.29, 0.717) is 0 Å². The largest absolute Gasteiger partial charge is 0.318 e. The van der Waals surface area contributed by atoms with Crippen molar-refractivity contribution in [1.29, 1.82) is 0 Å². The summed E-state index contributed by atoms with van der Waals surface area (Å²) in [5, 5.41) is 10.8. The Bertz CT molecular complexity index is 647. The fourth-order valence-electron chi connectivity index (χ4n) is 2.54. The van der Waals surface area contributed by atoms with Crippen molar-refractivity contribution in [3.05, 3.63) is 28.3 Å². The van der Waals surface area contributed by atoms with E-state index in [2.05, 4.69) is 10.1 Å². The highest BCUT2D eigenvalue weighted by atomic mass is 32.2. The van der Waals surface area contributed by atoms with Gasteiger partial charge in [0.15, 0.2) is 0 Å². The third kappa shape index (κ3) is 3.31. The number of hydrogen-bond donors (Lipinski definition) is 3. The first-order chi connectivity index (χ1) is 9.85. The van der Waals surface area contributed by atoms with Crippen LogP contribution in [0.15, 0.2) is 23.1 Å². The summed E-state index contributed by atoms with van der Waals surface area (Å²) in [6.45, 7) is 2.00. The molecule has 1 aliphatic rings. The highest BCUT2D eigenvalue weighted by Gasteiger charge is 2.29. The van der Waals surface area contributed by atoms with E-state index in [1.807, 2.05) is 6.92 Å². The van der Waals surface area contributed by atoms with Crippen LogP contribution in [-0.2, 0) is 10.0 Å². The number of nitro benzene ring substituents is 1. The standard InChI is InChI=1S/C12H18N4O4S/c1-8-3-2-4-10(8)15-21(19,20)9-5-6-12(16(17)18)11(7-9)14-13/h5-8,10,14-15H,2-4,13H2,1H3. The maximum absolute atomic E-state index is 12.3. The van der Waals surface area contributed by atoms with Crippen LogP contribution in [0.4, 0.5) is 11.4 Å². The Morgan fingerprint density at radius 1 is 1.38 bits per heavy atom. The number of nitro groups is 1. The second-order valence-corrected chi connectivity index (χ2v) is 6.93. The highest BCUT2D eigenvalue weighted by molar-refractivity contribution is 7.89. The Balaban J connectivity index is 2.30. The number of nitrogens with two attached hydrogens (primary N) is 1. The summed E-state index contributed by atoms with van der Waals surface area (Å²) >= 11 is 0. The van der Waals surface area contributed by atoms with Gasteiger partial charge >= 0.3 is 0 Å². The molecule has 0 radical (unpaired) electrons. The first-order valence-corrected chi connectivity index (χ1v) is 8.11. The van der Waals surface area contributed by atoms with E-state index >= 15 is 0 Å². The van der Waals surface area contributed by atoms with Crippen LogP contribution < -0.4 is 16.0 Å². The lowest BCUT2D eigenvalue weighted by molar-refractivity contribution is -0.384. The molecule has 0 bridgehead atoms. The summed E-state index contributed by atoms with van der Waals surface area (Å²) in [5.74, 6) is 5.50. The Kier molecular flexibility index (Phi) is 4.45. The summed E-state index contributed by atoms with van der Waals surface area (Å²) in [5.41, 5.74) is 1.85. The SMILES string of the molecule is CC1CCCC1NS(=O)(=O)c1ccc([N+](=O)[O-])c(NN)c1. The van der Waals surface area contributed by atoms with Gasteiger partial charge in [-0.1, -0.05) is 13.3 Å². The van der Waals surface area contributed by atoms with Gasteiger partial charge in [0.25, 0.3) is 5.69 Å². The van der Waals surface area contributed by atoms with Gasteiger partial charge in [-0.25, -0.2) is 13.1 Å². The lowest BCUT2D eigenvalue weighted by atomic mass is 10.1. The number of nitrogens with one attached hydrogen (secondary N) is 2. The van der Waals surface area contributed by atoms with Gasteiger partial charge in [0.1, 0.15) is 5.69 Å². The monoisotopic (exact) mass is 314 g/mol. The summed E-state index contributed by atoms with van der Waals surface area (Å²) in [6.07, 6.45) is 2.78. The molecule has 9 heteroatoms. The van der Waals surface area contributed by atoms with E-state index in [4.69, 9.17) is 5.84 Å². The molecule has 0 saturated heterocycles. The van der Waals surface area contributed by atoms with E-state index in [0.717, 1.165) is 25.3 Å². The number of sulfonamides is 1. The molecule has 4 N–H and O–H groups in total. The second-order valence-electron chi connectivity index (χ2n) is 5.22. The summed E-state index contributed by atoms with van der Waals surface area (Å²) < 4.78 is 27.3. The van der Waals surface area contributed by atoms with Crippen molar-refractivity contribution in [3.63, 3.8) is 0 Å². The summed E-state index contributed by atoms with van der Waals surface area (Å²) in [7, 11) is -3.72. The fourth-order valence-corrected chi connectivity index (χ4v) is 3.95. The Labute approximate surface area is 122 Å².